The van der Waals surface area contributed by atoms with Gasteiger partial charge in [0, 0.05) is 25.2 Å². The van der Waals surface area contributed by atoms with Crippen molar-refractivity contribution in [3.05, 3.63) is 23.9 Å². The summed E-state index contributed by atoms with van der Waals surface area (Å²) in [5, 5.41) is 10.4. The first-order valence-corrected chi connectivity index (χ1v) is 6.07. The van der Waals surface area contributed by atoms with Gasteiger partial charge in [-0.25, -0.2) is 4.52 Å². The van der Waals surface area contributed by atoms with Crippen LogP contribution in [0, 0.1) is 6.92 Å². The van der Waals surface area contributed by atoms with E-state index in [2.05, 4.69) is 20.7 Å². The van der Waals surface area contributed by atoms with Gasteiger partial charge >= 0.3 is 0 Å². The Hall–Kier alpha value is -2.11. The summed E-state index contributed by atoms with van der Waals surface area (Å²) in [5.41, 5.74) is 1.99. The molecule has 1 aliphatic heterocycles. The summed E-state index contributed by atoms with van der Waals surface area (Å²) in [4.78, 5) is 15.5. The van der Waals surface area contributed by atoms with E-state index >= 15 is 0 Å². The summed E-state index contributed by atoms with van der Waals surface area (Å²) < 4.78 is 1.75. The molecule has 1 atom stereocenters. The molecule has 6 nitrogen and oxygen atoms in total. The summed E-state index contributed by atoms with van der Waals surface area (Å²) in [6.07, 6.45) is 3.27. The Morgan fingerprint density at radius 3 is 3.22 bits per heavy atom. The molecule has 0 saturated carbocycles. The summed E-state index contributed by atoms with van der Waals surface area (Å²) in [7, 11) is 0. The van der Waals surface area contributed by atoms with Gasteiger partial charge in [0.05, 0.1) is 0 Å². The van der Waals surface area contributed by atoms with E-state index < -0.39 is 0 Å². The fourth-order valence-corrected chi connectivity index (χ4v) is 2.08. The Labute approximate surface area is 104 Å². The maximum atomic E-state index is 11.1. The highest BCUT2D eigenvalue weighted by Gasteiger charge is 2.18. The van der Waals surface area contributed by atoms with E-state index in [1.165, 1.54) is 0 Å². The Balaban J connectivity index is 1.76. The maximum absolute atomic E-state index is 11.1. The van der Waals surface area contributed by atoms with Gasteiger partial charge in [0.1, 0.15) is 0 Å². The van der Waals surface area contributed by atoms with Gasteiger partial charge in [0.15, 0.2) is 5.65 Å². The number of hydrogen-bond donors (Lipinski definition) is 2. The summed E-state index contributed by atoms with van der Waals surface area (Å²) in [6, 6.07) is 4.19. The maximum Gasteiger partial charge on any atom is 0.243 e. The van der Waals surface area contributed by atoms with Gasteiger partial charge in [-0.2, -0.15) is 4.98 Å². The molecule has 0 bridgehead atoms. The van der Waals surface area contributed by atoms with Crippen molar-refractivity contribution in [3.63, 3.8) is 0 Å². The van der Waals surface area contributed by atoms with Gasteiger partial charge < -0.3 is 10.6 Å². The number of carbonyl (C=O) groups is 1. The fourth-order valence-electron chi connectivity index (χ4n) is 2.08. The third-order valence-electron chi connectivity index (χ3n) is 3.09. The number of nitrogens with one attached hydrogen (secondary N) is 2. The number of rotatable bonds is 2. The topological polar surface area (TPSA) is 71.3 Å². The van der Waals surface area contributed by atoms with Crippen molar-refractivity contribution < 1.29 is 4.79 Å². The molecule has 2 aromatic heterocycles. The molecule has 0 spiro atoms. The monoisotopic (exact) mass is 245 g/mol. The minimum Gasteiger partial charge on any atom is -0.354 e. The highest BCUT2D eigenvalue weighted by atomic mass is 16.1. The van der Waals surface area contributed by atoms with E-state index in [4.69, 9.17) is 0 Å². The van der Waals surface area contributed by atoms with Crippen molar-refractivity contribution in [2.45, 2.75) is 25.8 Å². The molecule has 1 aliphatic rings. The Morgan fingerprint density at radius 1 is 1.56 bits per heavy atom. The van der Waals surface area contributed by atoms with Gasteiger partial charge in [0.25, 0.3) is 0 Å². The minimum atomic E-state index is 0.117. The first-order valence-electron chi connectivity index (χ1n) is 6.07. The summed E-state index contributed by atoms with van der Waals surface area (Å²) >= 11 is 0. The van der Waals surface area contributed by atoms with Gasteiger partial charge in [0.2, 0.25) is 11.9 Å². The lowest BCUT2D eigenvalue weighted by Crippen LogP contribution is -2.42. The van der Waals surface area contributed by atoms with Crippen LogP contribution in [-0.4, -0.2) is 33.1 Å². The average molecular weight is 245 g/mol. The van der Waals surface area contributed by atoms with E-state index in [9.17, 15) is 4.79 Å². The second-order valence-electron chi connectivity index (χ2n) is 4.63. The van der Waals surface area contributed by atoms with Crippen LogP contribution >= 0.6 is 0 Å². The van der Waals surface area contributed by atoms with Crippen LogP contribution in [0.2, 0.25) is 0 Å². The van der Waals surface area contributed by atoms with Crippen LogP contribution in [0.4, 0.5) is 5.95 Å². The molecule has 6 heteroatoms. The SMILES string of the molecule is Cc1ccn2nc(NC3CCC(=O)NC3)nc2c1. The Morgan fingerprint density at radius 2 is 2.44 bits per heavy atom. The molecule has 3 heterocycles. The number of aromatic nitrogens is 3. The lowest BCUT2D eigenvalue weighted by Gasteiger charge is -2.22. The third-order valence-corrected chi connectivity index (χ3v) is 3.09. The van der Waals surface area contributed by atoms with Crippen LogP contribution in [0.3, 0.4) is 0 Å². The molecule has 1 amide bonds. The van der Waals surface area contributed by atoms with Crippen molar-refractivity contribution in [2.24, 2.45) is 0 Å². The smallest absolute Gasteiger partial charge is 0.243 e. The number of nitrogens with zero attached hydrogens (tertiary/aromatic N) is 3. The zero-order valence-electron chi connectivity index (χ0n) is 10.2. The van der Waals surface area contributed by atoms with Crippen LogP contribution in [-0.2, 0) is 4.79 Å². The molecule has 1 unspecified atom stereocenters. The van der Waals surface area contributed by atoms with Crippen molar-refractivity contribution in [1.82, 2.24) is 19.9 Å². The van der Waals surface area contributed by atoms with E-state index in [-0.39, 0.29) is 11.9 Å². The first-order chi connectivity index (χ1) is 8.70. The normalized spacial score (nSPS) is 19.8. The second kappa shape index (κ2) is 4.29. The van der Waals surface area contributed by atoms with Crippen LogP contribution < -0.4 is 10.6 Å². The highest BCUT2D eigenvalue weighted by molar-refractivity contribution is 5.76. The number of amides is 1. The quantitative estimate of drug-likeness (QED) is 0.818. The molecule has 1 fully saturated rings. The van der Waals surface area contributed by atoms with E-state index in [1.54, 1.807) is 4.52 Å². The third kappa shape index (κ3) is 2.13. The predicted octanol–water partition coefficient (Wildman–Crippen LogP) is 0.728. The van der Waals surface area contributed by atoms with Crippen LogP contribution in [0.5, 0.6) is 0 Å². The Bertz CT molecular complexity index is 581. The number of fused-ring (bicyclic) bond motifs is 1. The number of aryl methyl sites for hydroxylation is 1. The van der Waals surface area contributed by atoms with Crippen molar-refractivity contribution in [3.8, 4) is 0 Å². The van der Waals surface area contributed by atoms with Crippen molar-refractivity contribution in [2.75, 3.05) is 11.9 Å². The molecule has 3 rings (SSSR count). The van der Waals surface area contributed by atoms with E-state index in [1.807, 2.05) is 25.3 Å². The minimum absolute atomic E-state index is 0.117. The van der Waals surface area contributed by atoms with Gasteiger partial charge in [-0.1, -0.05) is 0 Å². The zero-order chi connectivity index (χ0) is 12.5. The molecular formula is C12H15N5O. The summed E-state index contributed by atoms with van der Waals surface area (Å²) in [5.74, 6) is 0.730. The lowest BCUT2D eigenvalue weighted by molar-refractivity contribution is -0.122. The van der Waals surface area contributed by atoms with E-state index in [0.29, 0.717) is 18.9 Å². The number of pyridine rings is 1. The number of piperidine rings is 1. The fraction of sp³-hybridized carbons (Fsp3) is 0.417. The van der Waals surface area contributed by atoms with Crippen LogP contribution in [0.25, 0.3) is 5.65 Å². The molecule has 1 saturated heterocycles. The molecule has 2 aromatic rings. The average Bonchev–Trinajstić information content (AvgIpc) is 2.73. The Kier molecular flexibility index (Phi) is 2.62. The zero-order valence-corrected chi connectivity index (χ0v) is 10.2. The molecule has 0 radical (unpaired) electrons. The molecule has 0 aliphatic carbocycles. The highest BCUT2D eigenvalue weighted by Crippen LogP contribution is 2.11. The molecular weight excluding hydrogens is 230 g/mol. The molecule has 0 aromatic carbocycles. The van der Waals surface area contributed by atoms with Crippen molar-refractivity contribution in [1.29, 1.82) is 0 Å². The molecule has 2 N–H and O–H groups in total. The summed E-state index contributed by atoms with van der Waals surface area (Å²) in [6.45, 7) is 2.66. The number of anilines is 1. The van der Waals surface area contributed by atoms with Gasteiger partial charge in [-0.3, -0.25) is 4.79 Å². The van der Waals surface area contributed by atoms with Gasteiger partial charge in [-0.05, 0) is 31.0 Å². The second-order valence-corrected chi connectivity index (χ2v) is 4.63. The first kappa shape index (κ1) is 11.0. The van der Waals surface area contributed by atoms with Crippen LogP contribution in [0.1, 0.15) is 18.4 Å². The number of hydrogen-bond acceptors (Lipinski definition) is 4. The molecule has 94 valence electrons. The van der Waals surface area contributed by atoms with Gasteiger partial charge in [-0.15, -0.1) is 5.10 Å². The van der Waals surface area contributed by atoms with Crippen molar-refractivity contribution >= 4 is 17.5 Å². The largest absolute Gasteiger partial charge is 0.354 e. The molecule has 18 heavy (non-hydrogen) atoms. The lowest BCUT2D eigenvalue weighted by atomic mass is 10.1. The van der Waals surface area contributed by atoms with E-state index in [0.717, 1.165) is 17.6 Å². The standard InChI is InChI=1S/C12H15N5O/c1-8-4-5-17-10(6-8)15-12(16-17)14-9-2-3-11(18)13-7-9/h4-6,9H,2-3,7H2,1H3,(H,13,18)(H,14,16). The predicted molar refractivity (Wildman–Crippen MR) is 67.4 cm³/mol. The number of carbonyl (C=O) groups excluding carboxylic acids is 1. The van der Waals surface area contributed by atoms with Crippen LogP contribution in [0.15, 0.2) is 18.3 Å².